The van der Waals surface area contributed by atoms with Crippen LogP contribution in [0.15, 0.2) is 78.9 Å². The van der Waals surface area contributed by atoms with Gasteiger partial charge in [0, 0.05) is 0 Å². The van der Waals surface area contributed by atoms with Crippen molar-refractivity contribution in [3.05, 3.63) is 90.0 Å². The van der Waals surface area contributed by atoms with Crippen LogP contribution in [0.2, 0.25) is 0 Å². The molecule has 1 N–H and O–H groups in total. The fourth-order valence-corrected chi connectivity index (χ4v) is 4.42. The Morgan fingerprint density at radius 1 is 0.938 bits per heavy atom. The van der Waals surface area contributed by atoms with Gasteiger partial charge in [-0.15, -0.1) is 0 Å². The number of carbonyl (C=O) groups is 2. The number of phenols is 1. The number of fused-ring (bicyclic) bond motifs is 1. The number of anilines is 1. The smallest absolute Gasteiger partial charge is 0.262 e. The summed E-state index contributed by atoms with van der Waals surface area (Å²) in [6.45, 7) is 0.195. The third kappa shape index (κ3) is 3.27. The van der Waals surface area contributed by atoms with Gasteiger partial charge < -0.3 is 9.84 Å². The first-order valence-electron chi connectivity index (χ1n) is 10.4. The lowest BCUT2D eigenvalue weighted by Crippen LogP contribution is -2.36. The maximum atomic E-state index is 13.5. The van der Waals surface area contributed by atoms with Crippen LogP contribution in [0.25, 0.3) is 0 Å². The summed E-state index contributed by atoms with van der Waals surface area (Å²) in [5, 5.41) is 12.0. The molecule has 3 aromatic carbocycles. The molecule has 2 aliphatic rings. The Morgan fingerprint density at radius 3 is 2.28 bits per heavy atom. The molecule has 0 radical (unpaired) electrons. The minimum absolute atomic E-state index is 0.0422. The van der Waals surface area contributed by atoms with Crippen molar-refractivity contribution < 1.29 is 24.3 Å². The molecule has 5 rings (SSSR count). The zero-order valence-electron chi connectivity index (χ0n) is 17.4. The fourth-order valence-electron chi connectivity index (χ4n) is 4.42. The van der Waals surface area contributed by atoms with E-state index in [4.69, 9.17) is 9.57 Å². The van der Waals surface area contributed by atoms with E-state index < -0.39 is 18.1 Å². The Bertz CT molecular complexity index is 1150. The normalized spacial score (nSPS) is 22.3. The molecule has 3 atom stereocenters. The van der Waals surface area contributed by atoms with Crippen LogP contribution in [0.1, 0.15) is 17.2 Å². The van der Waals surface area contributed by atoms with Gasteiger partial charge in [0.05, 0.1) is 25.4 Å². The molecule has 0 spiro atoms. The first-order chi connectivity index (χ1) is 15.6. The highest BCUT2D eigenvalue weighted by Gasteiger charge is 2.59. The van der Waals surface area contributed by atoms with Gasteiger partial charge in [0.25, 0.3) is 5.91 Å². The highest BCUT2D eigenvalue weighted by Crippen LogP contribution is 2.48. The molecule has 2 fully saturated rings. The summed E-state index contributed by atoms with van der Waals surface area (Å²) >= 11 is 0. The van der Waals surface area contributed by atoms with E-state index in [0.29, 0.717) is 11.3 Å². The van der Waals surface area contributed by atoms with Crippen molar-refractivity contribution in [2.75, 3.05) is 12.2 Å². The SMILES string of the molecule is COc1ccc(C2C3C(=O)N(Cc4ccccc4)C(=O)C3ON2c2ccccc2)cc1O. The number of hydrogen-bond donors (Lipinski definition) is 1. The van der Waals surface area contributed by atoms with Crippen LogP contribution >= 0.6 is 0 Å². The quantitative estimate of drug-likeness (QED) is 0.625. The number of imide groups is 1. The highest BCUT2D eigenvalue weighted by molar-refractivity contribution is 6.07. The molecular formula is C25H22N2O5. The lowest BCUT2D eigenvalue weighted by Gasteiger charge is -2.29. The van der Waals surface area contributed by atoms with Crippen molar-refractivity contribution >= 4 is 17.5 Å². The van der Waals surface area contributed by atoms with Crippen LogP contribution < -0.4 is 9.80 Å². The Morgan fingerprint density at radius 2 is 1.62 bits per heavy atom. The van der Waals surface area contributed by atoms with Gasteiger partial charge in [0.1, 0.15) is 5.92 Å². The number of ether oxygens (including phenoxy) is 1. The lowest BCUT2D eigenvalue weighted by atomic mass is 9.90. The number of hydrogen-bond acceptors (Lipinski definition) is 6. The number of nitrogens with zero attached hydrogens (tertiary/aromatic N) is 2. The zero-order chi connectivity index (χ0) is 22.2. The third-order valence-electron chi connectivity index (χ3n) is 5.95. The van der Waals surface area contributed by atoms with Gasteiger partial charge in [-0.25, -0.2) is 5.06 Å². The second-order valence-corrected chi connectivity index (χ2v) is 7.84. The minimum atomic E-state index is -0.930. The molecule has 162 valence electrons. The predicted molar refractivity (Wildman–Crippen MR) is 117 cm³/mol. The Hall–Kier alpha value is -3.84. The van der Waals surface area contributed by atoms with Gasteiger partial charge in [-0.1, -0.05) is 54.6 Å². The summed E-state index contributed by atoms with van der Waals surface area (Å²) in [7, 11) is 1.47. The van der Waals surface area contributed by atoms with E-state index in [2.05, 4.69) is 0 Å². The second kappa shape index (κ2) is 8.01. The Labute approximate surface area is 185 Å². The average Bonchev–Trinajstić information content (AvgIpc) is 3.32. The van der Waals surface area contributed by atoms with Gasteiger partial charge in [0.2, 0.25) is 5.91 Å². The van der Waals surface area contributed by atoms with Crippen molar-refractivity contribution in [2.24, 2.45) is 5.92 Å². The maximum absolute atomic E-state index is 13.5. The number of para-hydroxylation sites is 1. The maximum Gasteiger partial charge on any atom is 0.262 e. The molecule has 32 heavy (non-hydrogen) atoms. The molecule has 2 aliphatic heterocycles. The van der Waals surface area contributed by atoms with E-state index in [9.17, 15) is 14.7 Å². The van der Waals surface area contributed by atoms with E-state index in [0.717, 1.165) is 11.3 Å². The number of benzene rings is 3. The number of amides is 2. The van der Waals surface area contributed by atoms with Crippen LogP contribution in [-0.4, -0.2) is 35.0 Å². The van der Waals surface area contributed by atoms with Gasteiger partial charge in [-0.3, -0.25) is 19.3 Å². The van der Waals surface area contributed by atoms with Crippen LogP contribution in [0.5, 0.6) is 11.5 Å². The lowest BCUT2D eigenvalue weighted by molar-refractivity contribution is -0.143. The van der Waals surface area contributed by atoms with Gasteiger partial charge >= 0.3 is 0 Å². The largest absolute Gasteiger partial charge is 0.504 e. The minimum Gasteiger partial charge on any atom is -0.504 e. The van der Waals surface area contributed by atoms with Gasteiger partial charge in [0.15, 0.2) is 17.6 Å². The number of likely N-dealkylation sites (tertiary alicyclic amines) is 1. The molecule has 7 nitrogen and oxygen atoms in total. The van der Waals surface area contributed by atoms with E-state index in [1.54, 1.807) is 23.3 Å². The molecule has 2 heterocycles. The summed E-state index contributed by atoms with van der Waals surface area (Å²) in [6, 6.07) is 23.1. The number of phenolic OH excluding ortho intramolecular Hbond substituents is 1. The number of hydroxylamine groups is 1. The molecule has 3 aromatic rings. The topological polar surface area (TPSA) is 79.3 Å². The van der Waals surface area contributed by atoms with Crippen molar-refractivity contribution in [3.8, 4) is 11.5 Å². The number of aromatic hydroxyl groups is 1. The van der Waals surface area contributed by atoms with E-state index in [1.165, 1.54) is 12.0 Å². The van der Waals surface area contributed by atoms with Crippen molar-refractivity contribution in [2.45, 2.75) is 18.7 Å². The Kier molecular flexibility index (Phi) is 5.03. The average molecular weight is 430 g/mol. The molecule has 2 saturated heterocycles. The highest BCUT2D eigenvalue weighted by atomic mass is 16.7. The number of rotatable bonds is 5. The van der Waals surface area contributed by atoms with Crippen molar-refractivity contribution in [1.82, 2.24) is 4.90 Å². The molecule has 0 saturated carbocycles. The molecule has 7 heteroatoms. The van der Waals surface area contributed by atoms with E-state index in [-0.39, 0.29) is 24.1 Å². The van der Waals surface area contributed by atoms with E-state index in [1.807, 2.05) is 60.7 Å². The zero-order valence-corrected chi connectivity index (χ0v) is 17.4. The molecule has 0 aliphatic carbocycles. The number of carbonyl (C=O) groups excluding carboxylic acids is 2. The van der Waals surface area contributed by atoms with Gasteiger partial charge in [-0.2, -0.15) is 0 Å². The van der Waals surface area contributed by atoms with Crippen molar-refractivity contribution in [3.63, 3.8) is 0 Å². The summed E-state index contributed by atoms with van der Waals surface area (Å²) in [6.07, 6.45) is -0.930. The van der Waals surface area contributed by atoms with Crippen LogP contribution in [0.4, 0.5) is 5.69 Å². The second-order valence-electron chi connectivity index (χ2n) is 7.84. The molecule has 0 aromatic heterocycles. The number of methoxy groups -OCH3 is 1. The molecule has 0 bridgehead atoms. The standard InChI is InChI=1S/C25H22N2O5/c1-31-20-13-12-17(14-19(20)28)22-21-23(32-27(22)18-10-6-3-7-11-18)25(30)26(24(21)29)15-16-8-4-2-5-9-16/h2-14,21-23,28H,15H2,1H3. The van der Waals surface area contributed by atoms with Crippen molar-refractivity contribution in [1.29, 1.82) is 0 Å². The predicted octanol–water partition coefficient (Wildman–Crippen LogP) is 3.45. The summed E-state index contributed by atoms with van der Waals surface area (Å²) in [5.74, 6) is -1.10. The first-order valence-corrected chi connectivity index (χ1v) is 10.4. The monoisotopic (exact) mass is 430 g/mol. The summed E-state index contributed by atoms with van der Waals surface area (Å²) in [5.41, 5.74) is 2.24. The van der Waals surface area contributed by atoms with Gasteiger partial charge in [-0.05, 0) is 35.4 Å². The first kappa shape index (κ1) is 20.1. The Balaban J connectivity index is 1.54. The summed E-state index contributed by atoms with van der Waals surface area (Å²) in [4.78, 5) is 34.0. The fraction of sp³-hybridized carbons (Fsp3) is 0.200. The van der Waals surface area contributed by atoms with E-state index >= 15 is 0 Å². The molecule has 3 unspecified atom stereocenters. The molecule has 2 amide bonds. The molecular weight excluding hydrogens is 408 g/mol. The van der Waals surface area contributed by atoms with Crippen LogP contribution in [0.3, 0.4) is 0 Å². The van der Waals surface area contributed by atoms with Crippen LogP contribution in [-0.2, 0) is 21.0 Å². The summed E-state index contributed by atoms with van der Waals surface area (Å²) < 4.78 is 5.16. The third-order valence-corrected chi connectivity index (χ3v) is 5.95. The van der Waals surface area contributed by atoms with Crippen LogP contribution in [0, 0.1) is 5.92 Å².